The number of hydrogen-bond acceptors (Lipinski definition) is 2. The Balaban J connectivity index is 2.41. The maximum atomic E-state index is 12.8. The molecule has 0 spiro atoms. The van der Waals surface area contributed by atoms with Crippen molar-refractivity contribution < 1.29 is 9.09 Å². The normalized spacial score (nSPS) is 27.4. The maximum absolute atomic E-state index is 12.8. The van der Waals surface area contributed by atoms with Crippen molar-refractivity contribution >= 4 is 28.6 Å². The van der Waals surface area contributed by atoms with Crippen LogP contribution >= 0.6 is 23.3 Å². The first-order chi connectivity index (χ1) is 7.97. The van der Waals surface area contributed by atoms with Crippen LogP contribution in [0.2, 0.25) is 0 Å². The van der Waals surface area contributed by atoms with Gasteiger partial charge in [0, 0.05) is 5.82 Å². The van der Waals surface area contributed by atoms with Gasteiger partial charge in [-0.1, -0.05) is 46.3 Å². The Hall–Kier alpha value is -0.630. The van der Waals surface area contributed by atoms with Crippen molar-refractivity contribution in [2.24, 2.45) is 0 Å². The minimum atomic E-state index is -2.89. The summed E-state index contributed by atoms with van der Waals surface area (Å²) < 4.78 is 18.4. The van der Waals surface area contributed by atoms with Gasteiger partial charge in [-0.3, -0.25) is 4.57 Å². The van der Waals surface area contributed by atoms with Crippen molar-refractivity contribution in [2.45, 2.75) is 19.4 Å². The van der Waals surface area contributed by atoms with Crippen molar-refractivity contribution in [2.75, 3.05) is 0 Å². The van der Waals surface area contributed by atoms with Gasteiger partial charge in [0.05, 0.1) is 10.9 Å². The molecule has 0 bridgehead atoms. The van der Waals surface area contributed by atoms with Crippen LogP contribution in [0.4, 0.5) is 0 Å². The van der Waals surface area contributed by atoms with Crippen LogP contribution in [-0.2, 0) is 9.09 Å². The second kappa shape index (κ2) is 4.56. The zero-order valence-corrected chi connectivity index (χ0v) is 12.2. The molecule has 0 saturated carbocycles. The van der Waals surface area contributed by atoms with Crippen LogP contribution in [0.25, 0.3) is 5.31 Å². The average Bonchev–Trinajstić information content (AvgIpc) is 2.56. The molecule has 17 heavy (non-hydrogen) atoms. The molecule has 4 heteroatoms. The van der Waals surface area contributed by atoms with E-state index in [-0.39, 0.29) is 0 Å². The van der Waals surface area contributed by atoms with E-state index in [0.717, 1.165) is 5.56 Å². The maximum Gasteiger partial charge on any atom is 0.255 e. The molecule has 0 N–H and O–H groups in total. The lowest BCUT2D eigenvalue weighted by atomic mass is 10.1. The molecule has 0 saturated heterocycles. The monoisotopic (exact) mass is 312 g/mol. The SMILES string of the molecule is CC1(C)C=CP(=O)(/C(=C/Br)c2ccccc2)O1. The first-order valence-corrected chi connectivity index (χ1v) is 7.95. The minimum absolute atomic E-state index is 0.467. The van der Waals surface area contributed by atoms with E-state index in [1.54, 1.807) is 10.8 Å². The summed E-state index contributed by atoms with van der Waals surface area (Å²) in [4.78, 5) is 1.69. The Bertz CT molecular complexity index is 517. The Morgan fingerprint density at radius 1 is 1.35 bits per heavy atom. The molecule has 1 aliphatic heterocycles. The summed E-state index contributed by atoms with van der Waals surface area (Å²) in [5.74, 6) is 1.69. The second-order valence-corrected chi connectivity index (χ2v) is 7.08. The lowest BCUT2D eigenvalue weighted by molar-refractivity contribution is 0.183. The Morgan fingerprint density at radius 3 is 2.47 bits per heavy atom. The highest BCUT2D eigenvalue weighted by Crippen LogP contribution is 2.66. The fourth-order valence-corrected chi connectivity index (χ4v) is 5.14. The first kappa shape index (κ1) is 12.8. The van der Waals surface area contributed by atoms with Crippen molar-refractivity contribution in [1.29, 1.82) is 0 Å². The van der Waals surface area contributed by atoms with Gasteiger partial charge < -0.3 is 4.52 Å². The van der Waals surface area contributed by atoms with E-state index in [1.807, 2.05) is 50.3 Å². The van der Waals surface area contributed by atoms with E-state index >= 15 is 0 Å². The molecule has 0 amide bonds. The summed E-state index contributed by atoms with van der Waals surface area (Å²) in [6, 6.07) is 9.62. The van der Waals surface area contributed by atoms with Crippen molar-refractivity contribution in [3.63, 3.8) is 0 Å². The summed E-state index contributed by atoms with van der Waals surface area (Å²) in [6.07, 6.45) is 1.85. The third kappa shape index (κ3) is 2.62. The van der Waals surface area contributed by atoms with Crippen LogP contribution < -0.4 is 0 Å². The lowest BCUT2D eigenvalue weighted by Gasteiger charge is -2.21. The highest BCUT2D eigenvalue weighted by Gasteiger charge is 2.38. The highest BCUT2D eigenvalue weighted by atomic mass is 79.9. The molecule has 1 aromatic carbocycles. The molecular weight excluding hydrogens is 299 g/mol. The minimum Gasteiger partial charge on any atom is -0.312 e. The summed E-state index contributed by atoms with van der Waals surface area (Å²) in [5, 5.41) is 0.694. The Labute approximate surface area is 110 Å². The average molecular weight is 313 g/mol. The molecule has 0 radical (unpaired) electrons. The number of benzene rings is 1. The second-order valence-electron chi connectivity index (χ2n) is 4.47. The van der Waals surface area contributed by atoms with Crippen LogP contribution in [-0.4, -0.2) is 5.60 Å². The molecule has 2 rings (SSSR count). The summed E-state index contributed by atoms with van der Waals surface area (Å²) in [6.45, 7) is 3.81. The van der Waals surface area contributed by atoms with Gasteiger partial charge >= 0.3 is 0 Å². The largest absolute Gasteiger partial charge is 0.312 e. The molecular formula is C13H14BrO2P. The van der Waals surface area contributed by atoms with Gasteiger partial charge in [-0.25, -0.2) is 0 Å². The predicted molar refractivity (Wildman–Crippen MR) is 75.3 cm³/mol. The zero-order chi connectivity index (χ0) is 12.5. The van der Waals surface area contributed by atoms with Crippen molar-refractivity contribution in [3.8, 4) is 0 Å². The number of hydrogen-bond donors (Lipinski definition) is 0. The van der Waals surface area contributed by atoms with E-state index in [4.69, 9.17) is 4.52 Å². The van der Waals surface area contributed by atoms with Crippen LogP contribution in [0.15, 0.2) is 47.2 Å². The molecule has 90 valence electrons. The summed E-state index contributed by atoms with van der Waals surface area (Å²) >= 11 is 3.29. The van der Waals surface area contributed by atoms with Crippen molar-refractivity contribution in [1.82, 2.24) is 0 Å². The summed E-state index contributed by atoms with van der Waals surface area (Å²) in [5.41, 5.74) is 0.445. The molecule has 2 nitrogen and oxygen atoms in total. The number of halogens is 1. The van der Waals surface area contributed by atoms with E-state index < -0.39 is 13.0 Å². The lowest BCUT2D eigenvalue weighted by Crippen LogP contribution is -2.14. The van der Waals surface area contributed by atoms with Gasteiger partial charge in [0.2, 0.25) is 0 Å². The molecule has 1 unspecified atom stereocenters. The molecule has 0 fully saturated rings. The standard InChI is InChI=1S/C13H14BrO2P/c1-13(2)8-9-17(15,16-13)12(10-14)11-6-4-3-5-7-11/h3-10H,1-2H3/b12-10+. The van der Waals surface area contributed by atoms with Gasteiger partial charge in [0.25, 0.3) is 7.37 Å². The fourth-order valence-electron chi connectivity index (χ4n) is 1.74. The molecule has 1 atom stereocenters. The zero-order valence-electron chi connectivity index (χ0n) is 9.76. The molecule has 1 heterocycles. The van der Waals surface area contributed by atoms with E-state index in [1.165, 1.54) is 0 Å². The van der Waals surface area contributed by atoms with E-state index in [0.29, 0.717) is 5.31 Å². The molecule has 1 aromatic rings. The van der Waals surface area contributed by atoms with E-state index in [9.17, 15) is 4.57 Å². The topological polar surface area (TPSA) is 26.3 Å². The van der Waals surface area contributed by atoms with E-state index in [2.05, 4.69) is 15.9 Å². The third-order valence-corrected chi connectivity index (χ3v) is 5.71. The first-order valence-electron chi connectivity index (χ1n) is 5.34. The Kier molecular flexibility index (Phi) is 3.44. The van der Waals surface area contributed by atoms with Crippen LogP contribution in [0, 0.1) is 0 Å². The van der Waals surface area contributed by atoms with Gasteiger partial charge in [0.1, 0.15) is 0 Å². The molecule has 1 aliphatic rings. The van der Waals surface area contributed by atoms with Crippen LogP contribution in [0.1, 0.15) is 19.4 Å². The highest BCUT2D eigenvalue weighted by molar-refractivity contribution is 9.11. The van der Waals surface area contributed by atoms with Crippen molar-refractivity contribution in [3.05, 3.63) is 52.8 Å². The summed E-state index contributed by atoms with van der Waals surface area (Å²) in [7, 11) is -2.89. The van der Waals surface area contributed by atoms with Gasteiger partial charge in [-0.05, 0) is 30.5 Å². The quantitative estimate of drug-likeness (QED) is 0.720. The number of rotatable bonds is 2. The fraction of sp³-hybridized carbons (Fsp3) is 0.231. The van der Waals surface area contributed by atoms with Gasteiger partial charge in [0.15, 0.2) is 0 Å². The molecule has 0 aromatic heterocycles. The predicted octanol–water partition coefficient (Wildman–Crippen LogP) is 4.98. The van der Waals surface area contributed by atoms with Gasteiger partial charge in [-0.2, -0.15) is 0 Å². The smallest absolute Gasteiger partial charge is 0.255 e. The van der Waals surface area contributed by atoms with Crippen LogP contribution in [0.3, 0.4) is 0 Å². The third-order valence-electron chi connectivity index (χ3n) is 2.55. The van der Waals surface area contributed by atoms with Crippen LogP contribution in [0.5, 0.6) is 0 Å². The van der Waals surface area contributed by atoms with Gasteiger partial charge in [-0.15, -0.1) is 0 Å². The Morgan fingerprint density at radius 2 is 2.00 bits per heavy atom. The molecule has 0 aliphatic carbocycles.